The second kappa shape index (κ2) is 5.71. The number of aromatic nitrogens is 3. The first-order valence-electron chi connectivity index (χ1n) is 7.28. The maximum atomic E-state index is 12.2. The van der Waals surface area contributed by atoms with E-state index < -0.39 is 11.1 Å². The van der Waals surface area contributed by atoms with Crippen molar-refractivity contribution in [2.75, 3.05) is 18.5 Å². The summed E-state index contributed by atoms with van der Waals surface area (Å²) in [6.45, 7) is 2.66. The standard InChI is InChI=1S/C15H17N5O3/c1-10-3-5-11(6-4-10)18-7-8-19-13(22)14(23)20(17-15(18)19)9-12(21)16-2/h3-6H,7-9H2,1-2H3,(H,16,21). The van der Waals surface area contributed by atoms with Crippen molar-refractivity contribution < 1.29 is 4.79 Å². The molecule has 23 heavy (non-hydrogen) atoms. The fraction of sp³-hybridized carbons (Fsp3) is 0.333. The number of nitrogens with zero attached hydrogens (tertiary/aromatic N) is 4. The summed E-state index contributed by atoms with van der Waals surface area (Å²) in [6.07, 6.45) is 0. The molecule has 1 N–H and O–H groups in total. The van der Waals surface area contributed by atoms with Crippen molar-refractivity contribution in [1.29, 1.82) is 0 Å². The van der Waals surface area contributed by atoms with Gasteiger partial charge in [0.2, 0.25) is 11.9 Å². The maximum Gasteiger partial charge on any atom is 0.333 e. The predicted molar refractivity (Wildman–Crippen MR) is 85.0 cm³/mol. The Labute approximate surface area is 132 Å². The topological polar surface area (TPSA) is 89.2 Å². The zero-order chi connectivity index (χ0) is 16.6. The van der Waals surface area contributed by atoms with E-state index in [2.05, 4.69) is 10.4 Å². The van der Waals surface area contributed by atoms with Gasteiger partial charge in [0, 0.05) is 25.8 Å². The Balaban J connectivity index is 2.08. The molecule has 8 heteroatoms. The van der Waals surface area contributed by atoms with Crippen molar-refractivity contribution >= 4 is 17.5 Å². The first kappa shape index (κ1) is 15.0. The summed E-state index contributed by atoms with van der Waals surface area (Å²) >= 11 is 0. The number of nitrogens with one attached hydrogen (secondary N) is 1. The van der Waals surface area contributed by atoms with Crippen LogP contribution in [0.5, 0.6) is 0 Å². The van der Waals surface area contributed by atoms with Crippen molar-refractivity contribution in [3.8, 4) is 0 Å². The predicted octanol–water partition coefficient (Wildman–Crippen LogP) is -0.389. The summed E-state index contributed by atoms with van der Waals surface area (Å²) < 4.78 is 2.27. The second-order valence-corrected chi connectivity index (χ2v) is 5.38. The van der Waals surface area contributed by atoms with Crippen LogP contribution >= 0.6 is 0 Å². The van der Waals surface area contributed by atoms with Crippen LogP contribution in [0.4, 0.5) is 11.6 Å². The van der Waals surface area contributed by atoms with Gasteiger partial charge in [-0.15, -0.1) is 5.10 Å². The van der Waals surface area contributed by atoms with Gasteiger partial charge in [-0.1, -0.05) is 17.7 Å². The van der Waals surface area contributed by atoms with Gasteiger partial charge in [-0.05, 0) is 19.1 Å². The molecule has 0 atom stereocenters. The zero-order valence-electron chi connectivity index (χ0n) is 12.9. The van der Waals surface area contributed by atoms with Crippen molar-refractivity contribution in [3.63, 3.8) is 0 Å². The SMILES string of the molecule is CNC(=O)Cn1nc2n(c(=O)c1=O)CCN2c1ccc(C)cc1. The minimum Gasteiger partial charge on any atom is -0.358 e. The molecule has 0 saturated heterocycles. The van der Waals surface area contributed by atoms with E-state index in [4.69, 9.17) is 0 Å². The number of carbonyl (C=O) groups is 1. The van der Waals surface area contributed by atoms with E-state index in [-0.39, 0.29) is 12.5 Å². The molecule has 0 unspecified atom stereocenters. The molecule has 1 aromatic carbocycles. The van der Waals surface area contributed by atoms with E-state index in [1.807, 2.05) is 36.1 Å². The lowest BCUT2D eigenvalue weighted by Gasteiger charge is -2.18. The Morgan fingerprint density at radius 1 is 1.17 bits per heavy atom. The fourth-order valence-electron chi connectivity index (χ4n) is 2.52. The molecule has 1 aromatic heterocycles. The lowest BCUT2D eigenvalue weighted by Crippen LogP contribution is -2.44. The Bertz CT molecular complexity index is 866. The number of hydrogen-bond donors (Lipinski definition) is 1. The summed E-state index contributed by atoms with van der Waals surface area (Å²) in [6, 6.07) is 7.81. The molecule has 0 saturated carbocycles. The summed E-state index contributed by atoms with van der Waals surface area (Å²) in [5.74, 6) is -0.00816. The molecule has 1 amide bonds. The van der Waals surface area contributed by atoms with Gasteiger partial charge in [-0.3, -0.25) is 19.0 Å². The van der Waals surface area contributed by atoms with E-state index in [1.54, 1.807) is 0 Å². The van der Waals surface area contributed by atoms with Gasteiger partial charge in [-0.25, -0.2) is 4.68 Å². The smallest absolute Gasteiger partial charge is 0.333 e. The minimum atomic E-state index is -0.789. The molecule has 1 aliphatic rings. The first-order valence-corrected chi connectivity index (χ1v) is 7.28. The highest BCUT2D eigenvalue weighted by Crippen LogP contribution is 2.26. The Kier molecular flexibility index (Phi) is 3.73. The molecule has 0 spiro atoms. The molecule has 0 bridgehead atoms. The number of likely N-dealkylation sites (N-methyl/N-ethyl adjacent to an activating group) is 1. The third-order valence-electron chi connectivity index (χ3n) is 3.82. The van der Waals surface area contributed by atoms with Gasteiger partial charge in [0.1, 0.15) is 6.54 Å². The Morgan fingerprint density at radius 2 is 1.87 bits per heavy atom. The number of fused-ring (bicyclic) bond motifs is 1. The third kappa shape index (κ3) is 2.63. The number of aryl methyl sites for hydroxylation is 1. The lowest BCUT2D eigenvalue weighted by molar-refractivity contribution is -0.121. The van der Waals surface area contributed by atoms with Crippen LogP contribution in [-0.4, -0.2) is 33.8 Å². The molecule has 0 aliphatic carbocycles. The number of amides is 1. The molecule has 0 radical (unpaired) electrons. The zero-order valence-corrected chi connectivity index (χ0v) is 12.9. The van der Waals surface area contributed by atoms with Gasteiger partial charge in [0.15, 0.2) is 0 Å². The highest BCUT2D eigenvalue weighted by molar-refractivity contribution is 5.75. The minimum absolute atomic E-state index is 0.278. The summed E-state index contributed by atoms with van der Waals surface area (Å²) in [4.78, 5) is 37.6. The van der Waals surface area contributed by atoms with Crippen molar-refractivity contribution in [3.05, 3.63) is 50.5 Å². The van der Waals surface area contributed by atoms with Crippen LogP contribution in [-0.2, 0) is 17.9 Å². The van der Waals surface area contributed by atoms with Crippen LogP contribution in [0, 0.1) is 6.92 Å². The van der Waals surface area contributed by atoms with Gasteiger partial charge in [-0.2, -0.15) is 0 Å². The molecule has 0 fully saturated rings. The van der Waals surface area contributed by atoms with Crippen LogP contribution in [0.25, 0.3) is 0 Å². The average molecular weight is 315 g/mol. The van der Waals surface area contributed by atoms with Gasteiger partial charge in [0.25, 0.3) is 0 Å². The molecule has 2 aromatic rings. The summed E-state index contributed by atoms with van der Waals surface area (Å²) in [7, 11) is 1.46. The molecule has 2 heterocycles. The lowest BCUT2D eigenvalue weighted by atomic mass is 10.2. The highest BCUT2D eigenvalue weighted by atomic mass is 16.2. The number of hydrogen-bond acceptors (Lipinski definition) is 5. The average Bonchev–Trinajstić information content (AvgIpc) is 2.96. The van der Waals surface area contributed by atoms with Crippen LogP contribution in [0.3, 0.4) is 0 Å². The Hall–Kier alpha value is -2.90. The molecule has 8 nitrogen and oxygen atoms in total. The third-order valence-corrected chi connectivity index (χ3v) is 3.82. The van der Waals surface area contributed by atoms with E-state index >= 15 is 0 Å². The monoisotopic (exact) mass is 315 g/mol. The van der Waals surface area contributed by atoms with E-state index in [0.717, 1.165) is 15.9 Å². The van der Waals surface area contributed by atoms with Crippen LogP contribution in [0.1, 0.15) is 5.56 Å². The fourth-order valence-corrected chi connectivity index (χ4v) is 2.52. The van der Waals surface area contributed by atoms with Gasteiger partial charge in [0.05, 0.1) is 0 Å². The van der Waals surface area contributed by atoms with Crippen molar-refractivity contribution in [2.24, 2.45) is 0 Å². The van der Waals surface area contributed by atoms with Gasteiger partial charge < -0.3 is 10.2 Å². The second-order valence-electron chi connectivity index (χ2n) is 5.38. The number of rotatable bonds is 3. The van der Waals surface area contributed by atoms with E-state index in [1.165, 1.54) is 11.6 Å². The Morgan fingerprint density at radius 3 is 2.52 bits per heavy atom. The van der Waals surface area contributed by atoms with Crippen LogP contribution < -0.4 is 21.3 Å². The van der Waals surface area contributed by atoms with Crippen LogP contribution in [0.15, 0.2) is 33.9 Å². The van der Waals surface area contributed by atoms with Crippen LogP contribution in [0.2, 0.25) is 0 Å². The first-order chi connectivity index (χ1) is 11.0. The number of benzene rings is 1. The molecule has 120 valence electrons. The maximum absolute atomic E-state index is 12.2. The molecule has 1 aliphatic heterocycles. The number of carbonyl (C=O) groups excluding carboxylic acids is 1. The molecular formula is C15H17N5O3. The van der Waals surface area contributed by atoms with E-state index in [0.29, 0.717) is 19.0 Å². The summed E-state index contributed by atoms with van der Waals surface area (Å²) in [5.41, 5.74) is 0.568. The summed E-state index contributed by atoms with van der Waals surface area (Å²) in [5, 5.41) is 6.63. The largest absolute Gasteiger partial charge is 0.358 e. The molecule has 3 rings (SSSR count). The molecular weight excluding hydrogens is 298 g/mol. The van der Waals surface area contributed by atoms with Gasteiger partial charge >= 0.3 is 11.1 Å². The quantitative estimate of drug-likeness (QED) is 0.779. The highest BCUT2D eigenvalue weighted by Gasteiger charge is 2.26. The van der Waals surface area contributed by atoms with Crippen molar-refractivity contribution in [2.45, 2.75) is 20.0 Å². The number of anilines is 2. The van der Waals surface area contributed by atoms with E-state index in [9.17, 15) is 14.4 Å². The van der Waals surface area contributed by atoms with Crippen molar-refractivity contribution in [1.82, 2.24) is 19.7 Å². The normalized spacial score (nSPS) is 13.0.